The molecule has 0 aliphatic heterocycles. The molecule has 0 unspecified atom stereocenters. The van der Waals surface area contributed by atoms with Gasteiger partial charge in [0.25, 0.3) is 0 Å². The minimum Gasteiger partial charge on any atom is -0.505 e. The number of aromatic hydroxyl groups is 1. The molecule has 19 heavy (non-hydrogen) atoms. The van der Waals surface area contributed by atoms with Crippen molar-refractivity contribution in [1.29, 1.82) is 0 Å². The molecule has 102 valence electrons. The van der Waals surface area contributed by atoms with Crippen LogP contribution in [0.5, 0.6) is 5.75 Å². The van der Waals surface area contributed by atoms with Crippen molar-refractivity contribution in [1.82, 2.24) is 9.78 Å². The number of anilines is 1. The molecule has 0 aliphatic carbocycles. The van der Waals surface area contributed by atoms with Gasteiger partial charge in [0, 0.05) is 30.0 Å². The zero-order chi connectivity index (χ0) is 14.0. The summed E-state index contributed by atoms with van der Waals surface area (Å²) in [6, 6.07) is 3.61. The van der Waals surface area contributed by atoms with Crippen LogP contribution in [0.4, 0.5) is 5.69 Å². The second kappa shape index (κ2) is 5.72. The number of halogens is 2. The van der Waals surface area contributed by atoms with Crippen molar-refractivity contribution in [3.05, 3.63) is 40.1 Å². The van der Waals surface area contributed by atoms with Crippen LogP contribution in [-0.2, 0) is 6.54 Å². The molecule has 0 saturated carbocycles. The molecule has 0 fully saturated rings. The first-order valence-corrected chi connectivity index (χ1v) is 6.68. The fourth-order valence-corrected chi connectivity index (χ4v) is 2.11. The molecule has 0 aliphatic rings. The smallest absolute Gasteiger partial charge is 0.152 e. The van der Waals surface area contributed by atoms with E-state index in [-0.39, 0.29) is 15.8 Å². The zero-order valence-corrected chi connectivity index (χ0v) is 12.2. The molecule has 2 rings (SSSR count). The first-order valence-electron chi connectivity index (χ1n) is 5.92. The highest BCUT2D eigenvalue weighted by molar-refractivity contribution is 6.37. The van der Waals surface area contributed by atoms with E-state index in [1.165, 1.54) is 0 Å². The van der Waals surface area contributed by atoms with Crippen LogP contribution in [0.2, 0.25) is 10.0 Å². The first-order chi connectivity index (χ1) is 8.97. The van der Waals surface area contributed by atoms with Gasteiger partial charge < -0.3 is 10.4 Å². The molecule has 0 atom stereocenters. The zero-order valence-electron chi connectivity index (χ0n) is 10.7. The molecular formula is C13H15Cl2N3O. The fraction of sp³-hybridized carbons (Fsp3) is 0.308. The van der Waals surface area contributed by atoms with Crippen LogP contribution in [0, 0.1) is 0 Å². The van der Waals surface area contributed by atoms with Gasteiger partial charge in [0.05, 0.1) is 16.2 Å². The number of benzene rings is 1. The number of nitrogens with one attached hydrogen (secondary N) is 1. The van der Waals surface area contributed by atoms with Crippen molar-refractivity contribution in [2.24, 2.45) is 0 Å². The number of hydrogen-bond acceptors (Lipinski definition) is 3. The van der Waals surface area contributed by atoms with Gasteiger partial charge in [-0.05, 0) is 26.0 Å². The topological polar surface area (TPSA) is 50.1 Å². The summed E-state index contributed by atoms with van der Waals surface area (Å²) in [6.45, 7) is 4.76. The molecule has 1 heterocycles. The van der Waals surface area contributed by atoms with Crippen LogP contribution in [0.1, 0.15) is 25.5 Å². The van der Waals surface area contributed by atoms with Gasteiger partial charge in [0.2, 0.25) is 0 Å². The quantitative estimate of drug-likeness (QED) is 0.836. The Morgan fingerprint density at radius 2 is 1.95 bits per heavy atom. The summed E-state index contributed by atoms with van der Waals surface area (Å²) in [5, 5.41) is 17.4. The van der Waals surface area contributed by atoms with E-state index in [4.69, 9.17) is 23.2 Å². The summed E-state index contributed by atoms with van der Waals surface area (Å²) < 4.78 is 1.90. The summed E-state index contributed by atoms with van der Waals surface area (Å²) in [4.78, 5) is 0. The van der Waals surface area contributed by atoms with Crippen LogP contribution in [-0.4, -0.2) is 14.9 Å². The summed E-state index contributed by atoms with van der Waals surface area (Å²) in [6.07, 6.45) is 3.80. The molecule has 2 aromatic rings. The van der Waals surface area contributed by atoms with Crippen molar-refractivity contribution in [3.8, 4) is 5.75 Å². The third-order valence-corrected chi connectivity index (χ3v) is 3.27. The van der Waals surface area contributed by atoms with Gasteiger partial charge in [-0.1, -0.05) is 23.2 Å². The molecule has 4 nitrogen and oxygen atoms in total. The van der Waals surface area contributed by atoms with E-state index in [0.29, 0.717) is 12.6 Å². The molecule has 0 saturated heterocycles. The lowest BCUT2D eigenvalue weighted by Gasteiger charge is -2.08. The van der Waals surface area contributed by atoms with E-state index in [2.05, 4.69) is 24.3 Å². The minimum absolute atomic E-state index is 0.0958. The maximum Gasteiger partial charge on any atom is 0.152 e. The van der Waals surface area contributed by atoms with Crippen molar-refractivity contribution in [3.63, 3.8) is 0 Å². The summed E-state index contributed by atoms with van der Waals surface area (Å²) in [5.74, 6) is -0.0958. The molecule has 0 amide bonds. The number of hydrogen-bond donors (Lipinski definition) is 2. The van der Waals surface area contributed by atoms with Gasteiger partial charge >= 0.3 is 0 Å². The van der Waals surface area contributed by atoms with E-state index in [0.717, 1.165) is 11.3 Å². The molecule has 0 radical (unpaired) electrons. The lowest BCUT2D eigenvalue weighted by atomic mass is 10.2. The monoisotopic (exact) mass is 299 g/mol. The van der Waals surface area contributed by atoms with Crippen molar-refractivity contribution in [2.75, 3.05) is 5.32 Å². The van der Waals surface area contributed by atoms with Crippen LogP contribution in [0.15, 0.2) is 24.5 Å². The Morgan fingerprint density at radius 1 is 1.32 bits per heavy atom. The Hall–Kier alpha value is -1.39. The number of phenolic OH excluding ortho intramolecular Hbond substituents is 1. The van der Waals surface area contributed by atoms with Crippen LogP contribution >= 0.6 is 23.2 Å². The van der Waals surface area contributed by atoms with Gasteiger partial charge in [-0.3, -0.25) is 4.68 Å². The molecule has 1 aromatic heterocycles. The predicted octanol–water partition coefficient (Wildman–Crippen LogP) is 4.09. The third kappa shape index (κ3) is 3.33. The largest absolute Gasteiger partial charge is 0.505 e. The summed E-state index contributed by atoms with van der Waals surface area (Å²) in [5.41, 5.74) is 1.82. The second-order valence-corrected chi connectivity index (χ2v) is 5.38. The normalized spacial score (nSPS) is 11.0. The van der Waals surface area contributed by atoms with E-state index in [1.54, 1.807) is 12.1 Å². The molecule has 2 N–H and O–H groups in total. The predicted molar refractivity (Wildman–Crippen MR) is 78.1 cm³/mol. The third-order valence-electron chi connectivity index (χ3n) is 2.70. The Kier molecular flexibility index (Phi) is 4.22. The van der Waals surface area contributed by atoms with Crippen LogP contribution in [0.25, 0.3) is 0 Å². The van der Waals surface area contributed by atoms with E-state index < -0.39 is 0 Å². The standard InChI is InChI=1S/C13H15Cl2N3O/c1-8(2)18-7-9(6-17-18)5-16-10-3-11(14)13(19)12(15)4-10/h3-4,6-8,16,19H,5H2,1-2H3. The Bertz CT molecular complexity index is 558. The van der Waals surface area contributed by atoms with E-state index in [1.807, 2.05) is 17.1 Å². The van der Waals surface area contributed by atoms with Gasteiger partial charge in [-0.2, -0.15) is 5.10 Å². The Labute approximate surface area is 122 Å². The summed E-state index contributed by atoms with van der Waals surface area (Å²) >= 11 is 11.7. The fourth-order valence-electron chi connectivity index (χ4n) is 1.62. The van der Waals surface area contributed by atoms with Crippen LogP contribution in [0.3, 0.4) is 0 Å². The number of rotatable bonds is 4. The average Bonchev–Trinajstić information content (AvgIpc) is 2.82. The second-order valence-electron chi connectivity index (χ2n) is 4.56. The van der Waals surface area contributed by atoms with Gasteiger partial charge in [0.1, 0.15) is 0 Å². The Balaban J connectivity index is 2.06. The van der Waals surface area contributed by atoms with Crippen molar-refractivity contribution < 1.29 is 5.11 Å². The van der Waals surface area contributed by atoms with E-state index in [9.17, 15) is 5.11 Å². The van der Waals surface area contributed by atoms with Gasteiger partial charge in [0.15, 0.2) is 5.75 Å². The minimum atomic E-state index is -0.0958. The number of aromatic nitrogens is 2. The van der Waals surface area contributed by atoms with Crippen molar-refractivity contribution >= 4 is 28.9 Å². The lowest BCUT2D eigenvalue weighted by molar-refractivity contribution is 0.476. The Morgan fingerprint density at radius 3 is 2.47 bits per heavy atom. The SMILES string of the molecule is CC(C)n1cc(CNc2cc(Cl)c(O)c(Cl)c2)cn1. The highest BCUT2D eigenvalue weighted by Gasteiger charge is 2.07. The van der Waals surface area contributed by atoms with E-state index >= 15 is 0 Å². The molecular weight excluding hydrogens is 285 g/mol. The molecule has 0 bridgehead atoms. The highest BCUT2D eigenvalue weighted by atomic mass is 35.5. The molecule has 0 spiro atoms. The number of phenols is 1. The maximum absolute atomic E-state index is 9.48. The number of nitrogens with zero attached hydrogens (tertiary/aromatic N) is 2. The highest BCUT2D eigenvalue weighted by Crippen LogP contribution is 2.34. The molecule has 6 heteroatoms. The van der Waals surface area contributed by atoms with Crippen molar-refractivity contribution in [2.45, 2.75) is 26.4 Å². The lowest BCUT2D eigenvalue weighted by Crippen LogP contribution is -2.01. The first kappa shape index (κ1) is 14.0. The summed E-state index contributed by atoms with van der Waals surface area (Å²) in [7, 11) is 0. The van der Waals surface area contributed by atoms with Gasteiger partial charge in [-0.25, -0.2) is 0 Å². The van der Waals surface area contributed by atoms with Crippen LogP contribution < -0.4 is 5.32 Å². The van der Waals surface area contributed by atoms with Gasteiger partial charge in [-0.15, -0.1) is 0 Å². The average molecular weight is 300 g/mol. The maximum atomic E-state index is 9.48. The molecule has 1 aromatic carbocycles.